The van der Waals surface area contributed by atoms with Crippen molar-refractivity contribution in [2.45, 2.75) is 103 Å². The van der Waals surface area contributed by atoms with Gasteiger partial charge >= 0.3 is 0 Å². The van der Waals surface area contributed by atoms with Crippen molar-refractivity contribution in [1.29, 1.82) is 0 Å². The van der Waals surface area contributed by atoms with Crippen LogP contribution in [0.3, 0.4) is 0 Å². The number of hydrogen-bond acceptors (Lipinski definition) is 3. The van der Waals surface area contributed by atoms with Crippen LogP contribution in [0.2, 0.25) is 0 Å². The molecule has 0 aromatic carbocycles. The van der Waals surface area contributed by atoms with Gasteiger partial charge in [-0.25, -0.2) is 0 Å². The lowest BCUT2D eigenvalue weighted by Crippen LogP contribution is -2.36. The summed E-state index contributed by atoms with van der Waals surface area (Å²) >= 11 is 0. The van der Waals surface area contributed by atoms with Gasteiger partial charge in [-0.05, 0) is 92.3 Å². The largest absolute Gasteiger partial charge is 0.390 e. The molecule has 3 rings (SSSR count). The normalized spacial score (nSPS) is 38.0. The van der Waals surface area contributed by atoms with Crippen molar-refractivity contribution < 1.29 is 15.3 Å². The molecule has 3 aliphatic rings. The number of hydrogen-bond donors (Lipinski definition) is 3. The van der Waals surface area contributed by atoms with Crippen LogP contribution in [0.4, 0.5) is 0 Å². The van der Waals surface area contributed by atoms with E-state index in [1.807, 2.05) is 13.8 Å². The molecule has 0 aromatic rings. The van der Waals surface area contributed by atoms with Gasteiger partial charge in [-0.15, -0.1) is 0 Å². The maximum Gasteiger partial charge on any atom is 0.102 e. The maximum absolute atomic E-state index is 10.3. The molecule has 3 aliphatic carbocycles. The molecule has 3 saturated carbocycles. The fourth-order valence-electron chi connectivity index (χ4n) is 6.71. The van der Waals surface area contributed by atoms with Crippen molar-refractivity contribution in [2.75, 3.05) is 0 Å². The van der Waals surface area contributed by atoms with Crippen LogP contribution in [0.1, 0.15) is 85.5 Å². The van der Waals surface area contributed by atoms with Crippen LogP contribution in [0.15, 0.2) is 47.6 Å². The van der Waals surface area contributed by atoms with Crippen LogP contribution < -0.4 is 0 Å². The molecule has 0 radical (unpaired) electrons. The van der Waals surface area contributed by atoms with Crippen LogP contribution in [0.25, 0.3) is 0 Å². The number of allylic oxidation sites excluding steroid dienone is 3. The lowest BCUT2D eigenvalue weighted by atomic mass is 9.60. The van der Waals surface area contributed by atoms with E-state index in [4.69, 9.17) is 0 Å². The highest BCUT2D eigenvalue weighted by atomic mass is 16.3. The molecule has 0 bridgehead atoms. The van der Waals surface area contributed by atoms with Crippen LogP contribution in [0.5, 0.6) is 0 Å². The summed E-state index contributed by atoms with van der Waals surface area (Å²) in [6, 6.07) is 0. The summed E-state index contributed by atoms with van der Waals surface area (Å²) in [6.07, 6.45) is 12.7. The fourth-order valence-corrected chi connectivity index (χ4v) is 6.71. The summed E-state index contributed by atoms with van der Waals surface area (Å²) in [4.78, 5) is 0. The predicted molar refractivity (Wildman–Crippen MR) is 129 cm³/mol. The third-order valence-electron chi connectivity index (χ3n) is 8.61. The zero-order chi connectivity index (χ0) is 23.0. The van der Waals surface area contributed by atoms with E-state index in [1.165, 1.54) is 37.7 Å². The number of aliphatic hydroxyl groups is 3. The van der Waals surface area contributed by atoms with Gasteiger partial charge in [0.05, 0.1) is 11.7 Å². The molecule has 3 N–H and O–H groups in total. The molecule has 0 amide bonds. The number of fused-ring (bicyclic) bond motifs is 1. The topological polar surface area (TPSA) is 60.7 Å². The lowest BCUT2D eigenvalue weighted by molar-refractivity contribution is 0.0596. The number of rotatable bonds is 6. The molecule has 2 unspecified atom stereocenters. The highest BCUT2D eigenvalue weighted by molar-refractivity contribution is 5.45. The Hall–Kier alpha value is -1.16. The van der Waals surface area contributed by atoms with Crippen LogP contribution in [0, 0.1) is 23.2 Å². The van der Waals surface area contributed by atoms with Crippen molar-refractivity contribution in [3.8, 4) is 0 Å². The second-order valence-corrected chi connectivity index (χ2v) is 11.4. The molecule has 0 saturated heterocycles. The van der Waals surface area contributed by atoms with Gasteiger partial charge in [0, 0.05) is 6.42 Å². The highest BCUT2D eigenvalue weighted by Gasteiger charge is 2.50. The third-order valence-corrected chi connectivity index (χ3v) is 8.61. The molecule has 6 atom stereocenters. The second-order valence-electron chi connectivity index (χ2n) is 11.4. The molecule has 0 aromatic heterocycles. The van der Waals surface area contributed by atoms with E-state index < -0.39 is 17.8 Å². The Kier molecular flexibility index (Phi) is 7.40. The first-order valence-corrected chi connectivity index (χ1v) is 12.3. The van der Waals surface area contributed by atoms with Crippen LogP contribution in [-0.4, -0.2) is 33.1 Å². The molecule has 3 fully saturated rings. The van der Waals surface area contributed by atoms with E-state index in [2.05, 4.69) is 39.2 Å². The van der Waals surface area contributed by atoms with Gasteiger partial charge in [-0.2, -0.15) is 0 Å². The average molecular weight is 429 g/mol. The quantitative estimate of drug-likeness (QED) is 0.464. The molecule has 31 heavy (non-hydrogen) atoms. The molecule has 0 spiro atoms. The summed E-state index contributed by atoms with van der Waals surface area (Å²) < 4.78 is 0. The average Bonchev–Trinajstić information content (AvgIpc) is 3.04. The second kappa shape index (κ2) is 9.37. The SMILES string of the molecule is C=C1/C(=C/C=C2\CCCC3(C)[C@@H](C(C)CCCC(C)(C)O)CC[C@@H]23)C[C@@H](O)C(=C)[C@@H]1O. The molecule has 3 heteroatoms. The van der Waals surface area contributed by atoms with Crippen molar-refractivity contribution in [2.24, 2.45) is 23.2 Å². The van der Waals surface area contributed by atoms with Crippen molar-refractivity contribution in [3.63, 3.8) is 0 Å². The zero-order valence-electron chi connectivity index (χ0n) is 20.2. The van der Waals surface area contributed by atoms with Gasteiger partial charge in [0.2, 0.25) is 0 Å². The standard InChI is InChI=1S/C28H44O3/c1-18(9-7-15-27(4,5)31)23-13-14-24-21(10-8-16-28(23,24)6)11-12-22-17-25(29)20(3)26(30)19(22)2/h11-12,18,23-26,29-31H,2-3,7-10,13-17H2,1,4-6H3/b21-11+,22-12+/t18?,23-,24+,25-,26-,28?/m1/s1. The Labute approximate surface area is 189 Å². The van der Waals surface area contributed by atoms with Crippen LogP contribution in [-0.2, 0) is 0 Å². The molecule has 3 nitrogen and oxygen atoms in total. The third kappa shape index (κ3) is 5.26. The van der Waals surface area contributed by atoms with E-state index in [0.29, 0.717) is 34.8 Å². The van der Waals surface area contributed by atoms with Crippen molar-refractivity contribution >= 4 is 0 Å². The Morgan fingerprint density at radius 1 is 1.19 bits per heavy atom. The summed E-state index contributed by atoms with van der Waals surface area (Å²) in [5.74, 6) is 2.05. The number of aliphatic hydroxyl groups excluding tert-OH is 2. The minimum atomic E-state index is -0.842. The Morgan fingerprint density at radius 2 is 1.90 bits per heavy atom. The van der Waals surface area contributed by atoms with Crippen molar-refractivity contribution in [3.05, 3.63) is 47.6 Å². The zero-order valence-corrected chi connectivity index (χ0v) is 20.2. The lowest BCUT2D eigenvalue weighted by Gasteiger charge is -2.44. The first-order chi connectivity index (χ1) is 14.4. The van der Waals surface area contributed by atoms with Gasteiger partial charge in [-0.3, -0.25) is 0 Å². The Morgan fingerprint density at radius 3 is 2.58 bits per heavy atom. The summed E-state index contributed by atoms with van der Waals surface area (Å²) in [6.45, 7) is 16.6. The molecule has 0 aliphatic heterocycles. The van der Waals surface area contributed by atoms with Crippen molar-refractivity contribution in [1.82, 2.24) is 0 Å². The van der Waals surface area contributed by atoms with E-state index in [9.17, 15) is 15.3 Å². The van der Waals surface area contributed by atoms with E-state index >= 15 is 0 Å². The van der Waals surface area contributed by atoms with E-state index in [1.54, 1.807) is 0 Å². The summed E-state index contributed by atoms with van der Waals surface area (Å²) in [5.41, 5.74) is 3.41. The Bertz CT molecular complexity index is 753. The fraction of sp³-hybridized carbons (Fsp3) is 0.714. The first kappa shape index (κ1) is 24.5. The van der Waals surface area contributed by atoms with Crippen LogP contribution >= 0.6 is 0 Å². The molecular weight excluding hydrogens is 384 g/mol. The Balaban J connectivity index is 1.72. The maximum atomic E-state index is 10.3. The predicted octanol–water partition coefficient (Wildman–Crippen LogP) is 5.87. The minimum absolute atomic E-state index is 0.355. The van der Waals surface area contributed by atoms with Gasteiger partial charge in [0.1, 0.15) is 6.10 Å². The molecular formula is C28H44O3. The monoisotopic (exact) mass is 428 g/mol. The highest BCUT2D eigenvalue weighted by Crippen LogP contribution is 2.60. The first-order valence-electron chi connectivity index (χ1n) is 12.3. The van der Waals surface area contributed by atoms with Gasteiger partial charge in [-0.1, -0.05) is 57.6 Å². The smallest absolute Gasteiger partial charge is 0.102 e. The van der Waals surface area contributed by atoms with Gasteiger partial charge < -0.3 is 15.3 Å². The minimum Gasteiger partial charge on any atom is -0.390 e. The van der Waals surface area contributed by atoms with E-state index in [-0.39, 0.29) is 0 Å². The van der Waals surface area contributed by atoms with Gasteiger partial charge in [0.15, 0.2) is 0 Å². The molecule has 174 valence electrons. The molecule has 0 heterocycles. The van der Waals surface area contributed by atoms with Gasteiger partial charge in [0.25, 0.3) is 0 Å². The van der Waals surface area contributed by atoms with E-state index in [0.717, 1.165) is 30.8 Å². The summed E-state index contributed by atoms with van der Waals surface area (Å²) in [5, 5.41) is 30.5. The summed E-state index contributed by atoms with van der Waals surface area (Å²) in [7, 11) is 0.